The van der Waals surface area contributed by atoms with Crippen molar-refractivity contribution in [2.75, 3.05) is 13.2 Å². The van der Waals surface area contributed by atoms with Crippen molar-refractivity contribution >= 4 is 5.91 Å². The first-order chi connectivity index (χ1) is 6.83. The van der Waals surface area contributed by atoms with Crippen molar-refractivity contribution in [3.05, 3.63) is 30.3 Å². The van der Waals surface area contributed by atoms with E-state index < -0.39 is 0 Å². The van der Waals surface area contributed by atoms with Crippen LogP contribution in [-0.4, -0.2) is 19.1 Å². The lowest BCUT2D eigenvalue weighted by molar-refractivity contribution is -0.135. The van der Waals surface area contributed by atoms with Crippen LogP contribution in [0.25, 0.3) is 0 Å². The van der Waals surface area contributed by atoms with Crippen molar-refractivity contribution in [1.82, 2.24) is 5.48 Å². The first kappa shape index (κ1) is 10.5. The highest BCUT2D eigenvalue weighted by Gasteiger charge is 2.00. The van der Waals surface area contributed by atoms with Crippen LogP contribution in [0.5, 0.6) is 5.75 Å². The van der Waals surface area contributed by atoms with Gasteiger partial charge >= 0.3 is 0 Å². The Bertz CT molecular complexity index is 274. The van der Waals surface area contributed by atoms with Gasteiger partial charge in [-0.2, -0.15) is 0 Å². The number of hydrogen-bond acceptors (Lipinski definition) is 3. The van der Waals surface area contributed by atoms with Crippen molar-refractivity contribution in [2.24, 2.45) is 0 Å². The molecule has 0 saturated heterocycles. The Morgan fingerprint density at radius 1 is 1.36 bits per heavy atom. The molecule has 0 fully saturated rings. The molecule has 0 aliphatic rings. The third kappa shape index (κ3) is 3.91. The molecule has 4 heteroatoms. The SMILES string of the molecule is CCONC(=O)COc1ccccc1. The first-order valence-electron chi connectivity index (χ1n) is 4.41. The Labute approximate surface area is 82.8 Å². The summed E-state index contributed by atoms with van der Waals surface area (Å²) in [5.74, 6) is 0.370. The fourth-order valence-electron chi connectivity index (χ4n) is 0.848. The van der Waals surface area contributed by atoms with E-state index in [4.69, 9.17) is 9.57 Å². The molecule has 4 nitrogen and oxygen atoms in total. The summed E-state index contributed by atoms with van der Waals surface area (Å²) in [5.41, 5.74) is 2.24. The van der Waals surface area contributed by atoms with Crippen molar-refractivity contribution in [3.63, 3.8) is 0 Å². The van der Waals surface area contributed by atoms with Crippen LogP contribution in [0, 0.1) is 0 Å². The van der Waals surface area contributed by atoms with E-state index in [2.05, 4.69) is 5.48 Å². The maximum atomic E-state index is 11.0. The molecule has 0 saturated carbocycles. The minimum atomic E-state index is -0.296. The molecule has 0 bridgehead atoms. The maximum Gasteiger partial charge on any atom is 0.281 e. The van der Waals surface area contributed by atoms with Gasteiger partial charge in [0, 0.05) is 0 Å². The monoisotopic (exact) mass is 195 g/mol. The number of nitrogens with one attached hydrogen (secondary N) is 1. The average Bonchev–Trinajstić information content (AvgIpc) is 2.25. The van der Waals surface area contributed by atoms with Gasteiger partial charge in [-0.3, -0.25) is 9.63 Å². The van der Waals surface area contributed by atoms with Gasteiger partial charge in [0.25, 0.3) is 5.91 Å². The molecular weight excluding hydrogens is 182 g/mol. The quantitative estimate of drug-likeness (QED) is 0.716. The summed E-state index contributed by atoms with van der Waals surface area (Å²) in [4.78, 5) is 15.7. The second-order valence-corrected chi connectivity index (χ2v) is 2.56. The standard InChI is InChI=1S/C10H13NO3/c1-2-14-11-10(12)8-13-9-6-4-3-5-7-9/h3-7H,2,8H2,1H3,(H,11,12). The molecule has 1 rings (SSSR count). The highest BCUT2D eigenvalue weighted by atomic mass is 16.7. The smallest absolute Gasteiger partial charge is 0.281 e. The average molecular weight is 195 g/mol. The predicted octanol–water partition coefficient (Wildman–Crippen LogP) is 1.13. The second kappa shape index (κ2) is 5.99. The fourth-order valence-corrected chi connectivity index (χ4v) is 0.848. The van der Waals surface area contributed by atoms with E-state index in [9.17, 15) is 4.79 Å². The summed E-state index contributed by atoms with van der Waals surface area (Å²) >= 11 is 0. The van der Waals surface area contributed by atoms with Gasteiger partial charge in [0.1, 0.15) is 5.75 Å². The normalized spacial score (nSPS) is 9.50. The van der Waals surface area contributed by atoms with Crippen LogP contribution in [-0.2, 0) is 9.63 Å². The second-order valence-electron chi connectivity index (χ2n) is 2.56. The minimum Gasteiger partial charge on any atom is -0.484 e. The van der Waals surface area contributed by atoms with Crippen LogP contribution in [0.3, 0.4) is 0 Å². The maximum absolute atomic E-state index is 11.0. The molecule has 0 atom stereocenters. The van der Waals surface area contributed by atoms with E-state index in [1.807, 2.05) is 18.2 Å². The van der Waals surface area contributed by atoms with Crippen molar-refractivity contribution in [2.45, 2.75) is 6.92 Å². The van der Waals surface area contributed by atoms with Gasteiger partial charge in [-0.05, 0) is 19.1 Å². The molecule has 0 unspecified atom stereocenters. The molecular formula is C10H13NO3. The van der Waals surface area contributed by atoms with Crippen LogP contribution in [0.2, 0.25) is 0 Å². The molecule has 76 valence electrons. The Kier molecular flexibility index (Phi) is 4.50. The number of para-hydroxylation sites is 1. The molecule has 1 amide bonds. The van der Waals surface area contributed by atoms with E-state index in [0.717, 1.165) is 0 Å². The van der Waals surface area contributed by atoms with Crippen LogP contribution in [0.4, 0.5) is 0 Å². The van der Waals surface area contributed by atoms with Gasteiger partial charge in [0.2, 0.25) is 0 Å². The van der Waals surface area contributed by atoms with Crippen molar-refractivity contribution in [3.8, 4) is 5.75 Å². The van der Waals surface area contributed by atoms with Gasteiger partial charge in [-0.1, -0.05) is 18.2 Å². The molecule has 1 N–H and O–H groups in total. The molecule has 0 heterocycles. The number of amides is 1. The molecule has 1 aromatic rings. The van der Waals surface area contributed by atoms with Crippen LogP contribution in [0.15, 0.2) is 30.3 Å². The van der Waals surface area contributed by atoms with E-state index in [1.54, 1.807) is 19.1 Å². The van der Waals surface area contributed by atoms with Gasteiger partial charge < -0.3 is 4.74 Å². The molecule has 0 spiro atoms. The lowest BCUT2D eigenvalue weighted by Crippen LogP contribution is -2.28. The van der Waals surface area contributed by atoms with Crippen molar-refractivity contribution < 1.29 is 14.4 Å². The number of benzene rings is 1. The zero-order valence-electron chi connectivity index (χ0n) is 8.03. The highest BCUT2D eigenvalue weighted by molar-refractivity contribution is 5.76. The Balaban J connectivity index is 2.24. The number of hydrogen-bond donors (Lipinski definition) is 1. The van der Waals surface area contributed by atoms with Crippen molar-refractivity contribution in [1.29, 1.82) is 0 Å². The number of carbonyl (C=O) groups excluding carboxylic acids is 1. The van der Waals surface area contributed by atoms with Gasteiger partial charge in [-0.15, -0.1) is 0 Å². The molecule has 1 aromatic carbocycles. The Morgan fingerprint density at radius 3 is 2.71 bits per heavy atom. The number of rotatable bonds is 5. The summed E-state index contributed by atoms with van der Waals surface area (Å²) in [7, 11) is 0. The zero-order valence-corrected chi connectivity index (χ0v) is 8.03. The largest absolute Gasteiger partial charge is 0.484 e. The van der Waals surface area contributed by atoms with Crippen LogP contribution < -0.4 is 10.2 Å². The van der Waals surface area contributed by atoms with E-state index in [0.29, 0.717) is 12.4 Å². The lowest BCUT2D eigenvalue weighted by Gasteiger charge is -2.05. The minimum absolute atomic E-state index is 0.0377. The summed E-state index contributed by atoms with van der Waals surface area (Å²) in [5, 5.41) is 0. The predicted molar refractivity (Wildman–Crippen MR) is 51.7 cm³/mol. The number of carbonyl (C=O) groups is 1. The van der Waals surface area contributed by atoms with Crippen LogP contribution in [0.1, 0.15) is 6.92 Å². The summed E-state index contributed by atoms with van der Waals surface area (Å²) in [6.07, 6.45) is 0. The molecule has 0 aliphatic carbocycles. The summed E-state index contributed by atoms with van der Waals surface area (Å²) in [6.45, 7) is 2.19. The third-order valence-electron chi connectivity index (χ3n) is 1.44. The summed E-state index contributed by atoms with van der Waals surface area (Å²) < 4.78 is 5.17. The Hall–Kier alpha value is -1.55. The summed E-state index contributed by atoms with van der Waals surface area (Å²) in [6, 6.07) is 9.14. The molecule has 0 aliphatic heterocycles. The van der Waals surface area contributed by atoms with E-state index >= 15 is 0 Å². The number of hydroxylamine groups is 1. The third-order valence-corrected chi connectivity index (χ3v) is 1.44. The fraction of sp³-hybridized carbons (Fsp3) is 0.300. The lowest BCUT2D eigenvalue weighted by atomic mass is 10.3. The first-order valence-corrected chi connectivity index (χ1v) is 4.41. The topological polar surface area (TPSA) is 47.6 Å². The molecule has 0 aromatic heterocycles. The van der Waals surface area contributed by atoms with E-state index in [-0.39, 0.29) is 12.5 Å². The molecule has 0 radical (unpaired) electrons. The van der Waals surface area contributed by atoms with Gasteiger partial charge in [-0.25, -0.2) is 5.48 Å². The number of ether oxygens (including phenoxy) is 1. The van der Waals surface area contributed by atoms with E-state index in [1.165, 1.54) is 0 Å². The highest BCUT2D eigenvalue weighted by Crippen LogP contribution is 2.07. The van der Waals surface area contributed by atoms with Crippen LogP contribution >= 0.6 is 0 Å². The van der Waals surface area contributed by atoms with Gasteiger partial charge in [0.15, 0.2) is 6.61 Å². The van der Waals surface area contributed by atoms with Gasteiger partial charge in [0.05, 0.1) is 6.61 Å². The Morgan fingerprint density at radius 2 is 2.07 bits per heavy atom. The molecule has 14 heavy (non-hydrogen) atoms. The zero-order chi connectivity index (χ0) is 10.2.